The molecule has 3 aromatic heterocycles. The van der Waals surface area contributed by atoms with Crippen LogP contribution in [0.2, 0.25) is 0 Å². The Kier molecular flexibility index (Phi) is 3.15. The van der Waals surface area contributed by atoms with Crippen molar-refractivity contribution >= 4 is 39.2 Å². The van der Waals surface area contributed by atoms with E-state index in [1.165, 1.54) is 0 Å². The summed E-state index contributed by atoms with van der Waals surface area (Å²) in [5.41, 5.74) is 9.85. The molecule has 3 heterocycles. The number of rotatable bonds is 3. The predicted molar refractivity (Wildman–Crippen MR) is 102 cm³/mol. The highest BCUT2D eigenvalue weighted by Gasteiger charge is 2.11. The lowest BCUT2D eigenvalue weighted by molar-refractivity contribution is 0.0958. The van der Waals surface area contributed by atoms with Crippen LogP contribution in [0.4, 0.5) is 5.82 Å². The molecule has 126 valence electrons. The number of H-pyrrole nitrogens is 1. The second-order valence-electron chi connectivity index (χ2n) is 6.06. The molecule has 2 aromatic carbocycles. The lowest BCUT2D eigenvalue weighted by Gasteiger charge is -2.11. The van der Waals surface area contributed by atoms with E-state index in [1.807, 2.05) is 77.3 Å². The molecule has 0 saturated heterocycles. The number of para-hydroxylation sites is 3. The van der Waals surface area contributed by atoms with Gasteiger partial charge in [-0.3, -0.25) is 15.6 Å². The highest BCUT2D eigenvalue weighted by atomic mass is 16.2. The molecule has 5 aromatic rings. The van der Waals surface area contributed by atoms with E-state index in [1.54, 1.807) is 0 Å². The summed E-state index contributed by atoms with van der Waals surface area (Å²) in [5, 5.41) is 0.996. The molecule has 6 nitrogen and oxygen atoms in total. The van der Waals surface area contributed by atoms with Gasteiger partial charge in [0.1, 0.15) is 5.69 Å². The minimum atomic E-state index is -0.249. The summed E-state index contributed by atoms with van der Waals surface area (Å²) in [7, 11) is 0. The molecular weight excluding hydrogens is 326 g/mol. The van der Waals surface area contributed by atoms with Crippen LogP contribution in [-0.4, -0.2) is 20.3 Å². The summed E-state index contributed by atoms with van der Waals surface area (Å²) < 4.78 is 2.04. The number of hydrazine groups is 1. The highest BCUT2D eigenvalue weighted by molar-refractivity contribution is 5.98. The number of amides is 1. The number of carbonyl (C=O) groups is 1. The standard InChI is InChI=1S/C20H15N5O/c26-20(16-12-13-6-1-2-7-14(13)21-16)24-23-19-18-10-5-11-25(18)17-9-4-3-8-15(17)22-19/h1-12,21H,(H,22,23)(H,24,26). The summed E-state index contributed by atoms with van der Waals surface area (Å²) in [6, 6.07) is 21.4. The van der Waals surface area contributed by atoms with Crippen molar-refractivity contribution in [2.24, 2.45) is 0 Å². The Labute approximate surface area is 148 Å². The second-order valence-corrected chi connectivity index (χ2v) is 6.06. The van der Waals surface area contributed by atoms with Gasteiger partial charge in [-0.2, -0.15) is 0 Å². The molecule has 0 radical (unpaired) electrons. The van der Waals surface area contributed by atoms with Gasteiger partial charge in [0, 0.05) is 17.1 Å². The molecule has 0 atom stereocenters. The van der Waals surface area contributed by atoms with Crippen molar-refractivity contribution in [1.29, 1.82) is 0 Å². The first kappa shape index (κ1) is 14.5. The maximum absolute atomic E-state index is 12.5. The fourth-order valence-corrected chi connectivity index (χ4v) is 3.20. The molecule has 0 aliphatic carbocycles. The number of aromatic amines is 1. The number of carbonyl (C=O) groups excluding carboxylic acids is 1. The van der Waals surface area contributed by atoms with Gasteiger partial charge in [-0.25, -0.2) is 4.98 Å². The monoisotopic (exact) mass is 341 g/mol. The van der Waals surface area contributed by atoms with Crippen molar-refractivity contribution in [1.82, 2.24) is 19.8 Å². The minimum Gasteiger partial charge on any atom is -0.350 e. The second kappa shape index (κ2) is 5.63. The van der Waals surface area contributed by atoms with Gasteiger partial charge in [0.2, 0.25) is 0 Å². The van der Waals surface area contributed by atoms with E-state index in [2.05, 4.69) is 20.8 Å². The zero-order chi connectivity index (χ0) is 17.5. The van der Waals surface area contributed by atoms with E-state index in [-0.39, 0.29) is 5.91 Å². The van der Waals surface area contributed by atoms with Crippen LogP contribution in [0.5, 0.6) is 0 Å². The first-order valence-corrected chi connectivity index (χ1v) is 8.29. The number of hydrogen-bond acceptors (Lipinski definition) is 3. The first-order chi connectivity index (χ1) is 12.8. The Morgan fingerprint density at radius 2 is 1.77 bits per heavy atom. The van der Waals surface area contributed by atoms with Gasteiger partial charge in [0.05, 0.1) is 16.6 Å². The van der Waals surface area contributed by atoms with E-state index in [9.17, 15) is 4.79 Å². The number of nitrogens with one attached hydrogen (secondary N) is 3. The van der Waals surface area contributed by atoms with Gasteiger partial charge in [-0.05, 0) is 36.4 Å². The summed E-state index contributed by atoms with van der Waals surface area (Å²) >= 11 is 0. The highest BCUT2D eigenvalue weighted by Crippen LogP contribution is 2.22. The van der Waals surface area contributed by atoms with E-state index < -0.39 is 0 Å². The number of anilines is 1. The average molecular weight is 341 g/mol. The van der Waals surface area contributed by atoms with E-state index in [4.69, 9.17) is 0 Å². The summed E-state index contributed by atoms with van der Waals surface area (Å²) in [6.07, 6.45) is 1.98. The van der Waals surface area contributed by atoms with Crippen LogP contribution >= 0.6 is 0 Å². The summed E-state index contributed by atoms with van der Waals surface area (Å²) in [4.78, 5) is 20.2. The zero-order valence-electron chi connectivity index (χ0n) is 13.7. The molecule has 26 heavy (non-hydrogen) atoms. The van der Waals surface area contributed by atoms with Crippen molar-refractivity contribution in [2.75, 3.05) is 5.43 Å². The van der Waals surface area contributed by atoms with E-state index in [0.717, 1.165) is 27.5 Å². The van der Waals surface area contributed by atoms with Crippen molar-refractivity contribution in [3.8, 4) is 0 Å². The van der Waals surface area contributed by atoms with Crippen LogP contribution in [-0.2, 0) is 0 Å². The third-order valence-corrected chi connectivity index (χ3v) is 4.43. The quantitative estimate of drug-likeness (QED) is 0.438. The fourth-order valence-electron chi connectivity index (χ4n) is 3.20. The van der Waals surface area contributed by atoms with Crippen LogP contribution in [0.1, 0.15) is 10.5 Å². The molecule has 0 unspecified atom stereocenters. The van der Waals surface area contributed by atoms with Crippen LogP contribution in [0, 0.1) is 0 Å². The van der Waals surface area contributed by atoms with Crippen LogP contribution < -0.4 is 10.9 Å². The number of aromatic nitrogens is 3. The van der Waals surface area contributed by atoms with Gasteiger partial charge in [0.25, 0.3) is 5.91 Å². The van der Waals surface area contributed by atoms with Crippen LogP contribution in [0.3, 0.4) is 0 Å². The van der Waals surface area contributed by atoms with Gasteiger partial charge >= 0.3 is 0 Å². The summed E-state index contributed by atoms with van der Waals surface area (Å²) in [6.45, 7) is 0. The third-order valence-electron chi connectivity index (χ3n) is 4.43. The number of fused-ring (bicyclic) bond motifs is 4. The Bertz CT molecular complexity index is 1230. The van der Waals surface area contributed by atoms with Crippen LogP contribution in [0.15, 0.2) is 72.9 Å². The number of nitrogens with zero attached hydrogens (tertiary/aromatic N) is 2. The Morgan fingerprint density at radius 3 is 2.69 bits per heavy atom. The molecule has 0 saturated carbocycles. The molecule has 0 aliphatic rings. The smallest absolute Gasteiger partial charge is 0.286 e. The van der Waals surface area contributed by atoms with E-state index in [0.29, 0.717) is 11.5 Å². The minimum absolute atomic E-state index is 0.249. The fraction of sp³-hybridized carbons (Fsp3) is 0. The molecule has 1 amide bonds. The lowest BCUT2D eigenvalue weighted by atomic mass is 10.2. The molecule has 5 rings (SSSR count). The van der Waals surface area contributed by atoms with Gasteiger partial charge in [-0.15, -0.1) is 0 Å². The number of benzene rings is 2. The molecule has 0 spiro atoms. The maximum atomic E-state index is 12.5. The predicted octanol–water partition coefficient (Wildman–Crippen LogP) is 3.73. The van der Waals surface area contributed by atoms with Crippen LogP contribution in [0.25, 0.3) is 27.5 Å². The van der Waals surface area contributed by atoms with Crippen molar-refractivity contribution in [3.05, 3.63) is 78.6 Å². The molecule has 6 heteroatoms. The summed E-state index contributed by atoms with van der Waals surface area (Å²) in [5.74, 6) is 0.346. The lowest BCUT2D eigenvalue weighted by Crippen LogP contribution is -2.30. The molecular formula is C20H15N5O. The van der Waals surface area contributed by atoms with Crippen molar-refractivity contribution in [3.63, 3.8) is 0 Å². The first-order valence-electron chi connectivity index (χ1n) is 8.29. The van der Waals surface area contributed by atoms with Gasteiger partial charge < -0.3 is 9.38 Å². The van der Waals surface area contributed by atoms with E-state index >= 15 is 0 Å². The molecule has 3 N–H and O–H groups in total. The Balaban J connectivity index is 1.47. The topological polar surface area (TPSA) is 74.2 Å². The Morgan fingerprint density at radius 1 is 0.962 bits per heavy atom. The normalized spacial score (nSPS) is 11.2. The zero-order valence-corrected chi connectivity index (χ0v) is 13.7. The number of hydrogen-bond donors (Lipinski definition) is 3. The molecule has 0 fully saturated rings. The van der Waals surface area contributed by atoms with Crippen molar-refractivity contribution < 1.29 is 4.79 Å². The molecule has 0 aliphatic heterocycles. The largest absolute Gasteiger partial charge is 0.350 e. The van der Waals surface area contributed by atoms with Gasteiger partial charge in [0.15, 0.2) is 5.82 Å². The van der Waals surface area contributed by atoms with Gasteiger partial charge in [-0.1, -0.05) is 30.3 Å². The average Bonchev–Trinajstić information content (AvgIpc) is 3.33. The third kappa shape index (κ3) is 2.28. The molecule has 0 bridgehead atoms. The maximum Gasteiger partial charge on any atom is 0.286 e. The van der Waals surface area contributed by atoms with Crippen molar-refractivity contribution in [2.45, 2.75) is 0 Å². The SMILES string of the molecule is O=C(NNc1nc2ccccc2n2cccc12)c1cc2ccccc2[nH]1. The Hall–Kier alpha value is -3.80.